The molecule has 0 spiro atoms. The Bertz CT molecular complexity index is 676. The van der Waals surface area contributed by atoms with Gasteiger partial charge in [0.05, 0.1) is 5.71 Å². The molecule has 1 saturated heterocycles. The Kier molecular flexibility index (Phi) is 5.53. The van der Waals surface area contributed by atoms with E-state index >= 15 is 0 Å². The molecule has 1 aromatic carbocycles. The van der Waals surface area contributed by atoms with Crippen LogP contribution in [0.5, 0.6) is 0 Å². The maximum absolute atomic E-state index is 12.3. The van der Waals surface area contributed by atoms with E-state index in [9.17, 15) is 4.79 Å². The first-order chi connectivity index (χ1) is 12.0. The van der Waals surface area contributed by atoms with Crippen molar-refractivity contribution in [1.82, 2.24) is 10.2 Å². The fraction of sp³-hybridized carbons (Fsp3) is 0.500. The molecule has 2 aliphatic rings. The van der Waals surface area contributed by atoms with E-state index in [0.29, 0.717) is 11.6 Å². The predicted octanol–water partition coefficient (Wildman–Crippen LogP) is 2.40. The number of allylic oxidation sites excluding steroid dienone is 1. The second-order valence-corrected chi connectivity index (χ2v) is 7.28. The molecule has 25 heavy (non-hydrogen) atoms. The van der Waals surface area contributed by atoms with Crippen LogP contribution in [0.3, 0.4) is 0 Å². The molecule has 134 valence electrons. The van der Waals surface area contributed by atoms with Crippen molar-refractivity contribution in [2.75, 3.05) is 19.6 Å². The predicted molar refractivity (Wildman–Crippen MR) is 100 cm³/mol. The summed E-state index contributed by atoms with van der Waals surface area (Å²) in [5.74, 6) is 0.776. The van der Waals surface area contributed by atoms with Gasteiger partial charge in [-0.05, 0) is 50.8 Å². The van der Waals surface area contributed by atoms with Crippen molar-refractivity contribution in [3.63, 3.8) is 0 Å². The zero-order chi connectivity index (χ0) is 17.8. The Morgan fingerprint density at radius 3 is 2.76 bits per heavy atom. The Hall–Kier alpha value is -2.14. The van der Waals surface area contributed by atoms with Crippen LogP contribution in [0.25, 0.3) is 0 Å². The first kappa shape index (κ1) is 17.7. The van der Waals surface area contributed by atoms with Crippen molar-refractivity contribution in [3.8, 4) is 0 Å². The van der Waals surface area contributed by atoms with Gasteiger partial charge in [-0.3, -0.25) is 4.79 Å². The number of nitrogens with zero attached hydrogens (tertiary/aromatic N) is 1. The third-order valence-electron chi connectivity index (χ3n) is 5.20. The molecule has 4 N–H and O–H groups in total. The number of rotatable bonds is 6. The number of carbonyl (C=O) groups excluding carboxylic acids is 1. The Labute approximate surface area is 149 Å². The lowest BCUT2D eigenvalue weighted by atomic mass is 10.0. The van der Waals surface area contributed by atoms with Crippen molar-refractivity contribution >= 4 is 11.6 Å². The molecule has 5 nitrogen and oxygen atoms in total. The highest BCUT2D eigenvalue weighted by Crippen LogP contribution is 2.39. The smallest absolute Gasteiger partial charge is 0.228 e. The molecule has 1 amide bonds. The Morgan fingerprint density at radius 1 is 1.32 bits per heavy atom. The number of nitrogens with two attached hydrogens (primary N) is 1. The number of piperidine rings is 1. The first-order valence-corrected chi connectivity index (χ1v) is 9.19. The van der Waals surface area contributed by atoms with Gasteiger partial charge in [0.2, 0.25) is 5.91 Å². The van der Waals surface area contributed by atoms with Gasteiger partial charge in [0.1, 0.15) is 5.82 Å². The van der Waals surface area contributed by atoms with E-state index in [2.05, 4.69) is 10.2 Å². The highest BCUT2D eigenvalue weighted by atomic mass is 16.2. The molecule has 1 heterocycles. The number of amides is 1. The summed E-state index contributed by atoms with van der Waals surface area (Å²) in [7, 11) is 0. The summed E-state index contributed by atoms with van der Waals surface area (Å²) >= 11 is 0. The SMILES string of the molecule is Cc1ccccc1C(=N)/C=C(\N)NC(=O)[C@H]1C[C@@H]1CN1CCCCC1. The second-order valence-electron chi connectivity index (χ2n) is 7.28. The minimum absolute atomic E-state index is 0.00616. The average Bonchev–Trinajstić information content (AvgIpc) is 3.35. The average molecular weight is 340 g/mol. The lowest BCUT2D eigenvalue weighted by Crippen LogP contribution is -2.34. The van der Waals surface area contributed by atoms with E-state index in [4.69, 9.17) is 11.1 Å². The molecule has 0 radical (unpaired) electrons. The lowest BCUT2D eigenvalue weighted by molar-refractivity contribution is -0.122. The summed E-state index contributed by atoms with van der Waals surface area (Å²) in [6.07, 6.45) is 6.37. The monoisotopic (exact) mass is 340 g/mol. The van der Waals surface area contributed by atoms with Crippen molar-refractivity contribution in [2.24, 2.45) is 17.6 Å². The van der Waals surface area contributed by atoms with Crippen LogP contribution in [0, 0.1) is 24.2 Å². The maximum atomic E-state index is 12.3. The summed E-state index contributed by atoms with van der Waals surface area (Å²) in [5, 5.41) is 10.9. The second kappa shape index (κ2) is 7.83. The number of benzene rings is 1. The van der Waals surface area contributed by atoms with E-state index in [-0.39, 0.29) is 17.6 Å². The van der Waals surface area contributed by atoms with Crippen molar-refractivity contribution in [2.45, 2.75) is 32.6 Å². The minimum Gasteiger partial charge on any atom is -0.385 e. The number of likely N-dealkylation sites (tertiary alicyclic amines) is 1. The molecule has 1 aliphatic heterocycles. The molecule has 1 saturated carbocycles. The molecule has 1 aliphatic carbocycles. The van der Waals surface area contributed by atoms with Gasteiger partial charge in [-0.2, -0.15) is 0 Å². The normalized spacial score (nSPS) is 24.0. The van der Waals surface area contributed by atoms with E-state index in [1.54, 1.807) is 0 Å². The molecule has 0 bridgehead atoms. The zero-order valence-electron chi connectivity index (χ0n) is 14.9. The fourth-order valence-corrected chi connectivity index (χ4v) is 3.62. The molecule has 0 unspecified atom stereocenters. The molecule has 1 aromatic rings. The van der Waals surface area contributed by atoms with Crippen molar-refractivity contribution < 1.29 is 4.79 Å². The Morgan fingerprint density at radius 2 is 2.04 bits per heavy atom. The van der Waals surface area contributed by atoms with Gasteiger partial charge in [0.25, 0.3) is 0 Å². The topological polar surface area (TPSA) is 82.2 Å². The number of aryl methyl sites for hydroxylation is 1. The molecule has 0 aromatic heterocycles. The summed E-state index contributed by atoms with van der Waals surface area (Å²) in [5.41, 5.74) is 8.10. The van der Waals surface area contributed by atoms with E-state index in [0.717, 1.165) is 24.1 Å². The standard InChI is InChI=1S/C20H28N4O/c1-14-7-3-4-8-16(14)18(21)12-19(22)23-20(25)17-11-15(17)13-24-9-5-2-6-10-24/h3-4,7-8,12,15,17,21H,2,5-6,9-11,13,22H2,1H3,(H,23,25)/b19-12+,21-18?/t15-,17+/m1/s1. The number of hydrogen-bond donors (Lipinski definition) is 3. The highest BCUT2D eigenvalue weighted by Gasteiger charge is 2.43. The van der Waals surface area contributed by atoms with Gasteiger partial charge in [-0.1, -0.05) is 30.7 Å². The largest absolute Gasteiger partial charge is 0.385 e. The molecular weight excluding hydrogens is 312 g/mol. The van der Waals surface area contributed by atoms with Gasteiger partial charge < -0.3 is 21.4 Å². The zero-order valence-corrected chi connectivity index (χ0v) is 14.9. The highest BCUT2D eigenvalue weighted by molar-refractivity contribution is 6.08. The van der Waals surface area contributed by atoms with Crippen LogP contribution in [0.15, 0.2) is 36.2 Å². The quantitative estimate of drug-likeness (QED) is 0.696. The van der Waals surface area contributed by atoms with Crippen LogP contribution in [0.1, 0.15) is 36.8 Å². The van der Waals surface area contributed by atoms with Crippen LogP contribution < -0.4 is 11.1 Å². The van der Waals surface area contributed by atoms with Gasteiger partial charge >= 0.3 is 0 Å². The number of carbonyl (C=O) groups is 1. The fourth-order valence-electron chi connectivity index (χ4n) is 3.62. The third kappa shape index (κ3) is 4.69. The minimum atomic E-state index is -0.00616. The molecule has 2 fully saturated rings. The van der Waals surface area contributed by atoms with Gasteiger partial charge in [0, 0.05) is 24.1 Å². The van der Waals surface area contributed by atoms with Gasteiger partial charge in [0.15, 0.2) is 0 Å². The van der Waals surface area contributed by atoms with Crippen LogP contribution in [0.2, 0.25) is 0 Å². The van der Waals surface area contributed by atoms with Crippen molar-refractivity contribution in [3.05, 3.63) is 47.3 Å². The van der Waals surface area contributed by atoms with Crippen LogP contribution in [-0.2, 0) is 4.79 Å². The maximum Gasteiger partial charge on any atom is 0.228 e. The van der Waals surface area contributed by atoms with E-state index < -0.39 is 0 Å². The molecular formula is C20H28N4O. The van der Waals surface area contributed by atoms with Crippen LogP contribution >= 0.6 is 0 Å². The summed E-state index contributed by atoms with van der Waals surface area (Å²) in [6, 6.07) is 7.69. The molecule has 3 rings (SSSR count). The van der Waals surface area contributed by atoms with Crippen molar-refractivity contribution in [1.29, 1.82) is 5.41 Å². The van der Waals surface area contributed by atoms with Gasteiger partial charge in [-0.15, -0.1) is 0 Å². The Balaban J connectivity index is 1.49. The number of hydrogen-bond acceptors (Lipinski definition) is 4. The van der Waals surface area contributed by atoms with Gasteiger partial charge in [-0.25, -0.2) is 0 Å². The van der Waals surface area contributed by atoms with E-state index in [1.165, 1.54) is 38.4 Å². The summed E-state index contributed by atoms with van der Waals surface area (Å²) in [6.45, 7) is 5.32. The van der Waals surface area contributed by atoms with Crippen LogP contribution in [0.4, 0.5) is 0 Å². The molecule has 5 heteroatoms. The summed E-state index contributed by atoms with van der Waals surface area (Å²) < 4.78 is 0. The number of nitrogens with one attached hydrogen (secondary N) is 2. The first-order valence-electron chi connectivity index (χ1n) is 9.19. The summed E-state index contributed by atoms with van der Waals surface area (Å²) in [4.78, 5) is 14.8. The third-order valence-corrected chi connectivity index (χ3v) is 5.20. The van der Waals surface area contributed by atoms with Crippen LogP contribution in [-0.4, -0.2) is 36.2 Å². The molecule has 2 atom stereocenters. The van der Waals surface area contributed by atoms with E-state index in [1.807, 2.05) is 31.2 Å². The lowest BCUT2D eigenvalue weighted by Gasteiger charge is -2.26.